The summed E-state index contributed by atoms with van der Waals surface area (Å²) in [6.07, 6.45) is 1.81. The molecule has 0 saturated carbocycles. The summed E-state index contributed by atoms with van der Waals surface area (Å²) < 4.78 is 0. The van der Waals surface area contributed by atoms with Crippen LogP contribution >= 0.6 is 0 Å². The van der Waals surface area contributed by atoms with Gasteiger partial charge in [-0.2, -0.15) is 0 Å². The zero-order valence-electron chi connectivity index (χ0n) is 6.28. The zero-order valence-corrected chi connectivity index (χ0v) is 6.28. The van der Waals surface area contributed by atoms with Gasteiger partial charge < -0.3 is 16.6 Å². The molecule has 5 nitrogen and oxygen atoms in total. The second-order valence-corrected chi connectivity index (χ2v) is 1.45. The van der Waals surface area contributed by atoms with Crippen LogP contribution in [0.25, 0.3) is 0 Å². The monoisotopic (exact) mass is 160 g/mol. The van der Waals surface area contributed by atoms with Gasteiger partial charge in [-0.05, 0) is 6.92 Å². The Balaban J connectivity index is 0. The van der Waals surface area contributed by atoms with E-state index >= 15 is 0 Å². The maximum Gasteiger partial charge on any atom is 0.241 e. The predicted molar refractivity (Wildman–Crippen MR) is 40.3 cm³/mol. The largest absolute Gasteiger partial charge is 0.397 e. The van der Waals surface area contributed by atoms with Crippen molar-refractivity contribution < 1.29 is 14.7 Å². The first kappa shape index (κ1) is 12.3. The third-order valence-electron chi connectivity index (χ3n) is 0.412. The first-order chi connectivity index (χ1) is 5.04. The van der Waals surface area contributed by atoms with Crippen LogP contribution in [0.5, 0.6) is 0 Å². The standard InChI is InChI=1S/C4H6N2O2.C2H6O/c5-3(7)1-2-4(6)8;1-2-3/h1-2H,(H2,5,7)(H2,6,8);3H,2H2,1H3/b2-1-;. The summed E-state index contributed by atoms with van der Waals surface area (Å²) in [5, 5.41) is 7.57. The Hall–Kier alpha value is -1.36. The molecule has 11 heavy (non-hydrogen) atoms. The van der Waals surface area contributed by atoms with Crippen LogP contribution in [0.15, 0.2) is 12.2 Å². The Morgan fingerprint density at radius 2 is 1.45 bits per heavy atom. The molecule has 0 unspecified atom stereocenters. The van der Waals surface area contributed by atoms with Crippen molar-refractivity contribution in [2.24, 2.45) is 11.5 Å². The third kappa shape index (κ3) is 28.8. The summed E-state index contributed by atoms with van der Waals surface area (Å²) in [5.41, 5.74) is 9.21. The number of hydrogen-bond donors (Lipinski definition) is 3. The Morgan fingerprint density at radius 3 is 1.55 bits per heavy atom. The van der Waals surface area contributed by atoms with Gasteiger partial charge in [0.15, 0.2) is 0 Å². The van der Waals surface area contributed by atoms with Crippen molar-refractivity contribution in [1.82, 2.24) is 0 Å². The van der Waals surface area contributed by atoms with E-state index in [1.54, 1.807) is 6.92 Å². The first-order valence-electron chi connectivity index (χ1n) is 2.92. The maximum absolute atomic E-state index is 9.83. The second-order valence-electron chi connectivity index (χ2n) is 1.45. The maximum atomic E-state index is 9.83. The average molecular weight is 160 g/mol. The minimum atomic E-state index is -0.677. The molecule has 0 aliphatic heterocycles. The average Bonchev–Trinajstić information content (AvgIpc) is 1.85. The van der Waals surface area contributed by atoms with Crippen molar-refractivity contribution in [2.75, 3.05) is 6.61 Å². The van der Waals surface area contributed by atoms with Crippen LogP contribution in [0.4, 0.5) is 0 Å². The van der Waals surface area contributed by atoms with E-state index in [0.29, 0.717) is 0 Å². The molecule has 0 atom stereocenters. The molecular formula is C6H12N2O3. The van der Waals surface area contributed by atoms with E-state index in [2.05, 4.69) is 11.5 Å². The van der Waals surface area contributed by atoms with E-state index < -0.39 is 11.8 Å². The summed E-state index contributed by atoms with van der Waals surface area (Å²) in [4.78, 5) is 19.7. The molecule has 0 aromatic heterocycles. The van der Waals surface area contributed by atoms with Crippen LogP contribution in [0.3, 0.4) is 0 Å². The lowest BCUT2D eigenvalue weighted by Crippen LogP contribution is -2.10. The lowest BCUT2D eigenvalue weighted by atomic mass is 10.5. The van der Waals surface area contributed by atoms with E-state index in [4.69, 9.17) is 5.11 Å². The van der Waals surface area contributed by atoms with Gasteiger partial charge in [-0.25, -0.2) is 0 Å². The minimum absolute atomic E-state index is 0.250. The molecule has 0 rings (SSSR count). The summed E-state index contributed by atoms with van der Waals surface area (Å²) in [7, 11) is 0. The zero-order chi connectivity index (χ0) is 9.28. The second kappa shape index (κ2) is 8.64. The van der Waals surface area contributed by atoms with E-state index in [9.17, 15) is 9.59 Å². The van der Waals surface area contributed by atoms with Crippen molar-refractivity contribution in [3.05, 3.63) is 12.2 Å². The summed E-state index contributed by atoms with van der Waals surface area (Å²) in [6.45, 7) is 1.93. The van der Waals surface area contributed by atoms with Gasteiger partial charge in [0.1, 0.15) is 0 Å². The van der Waals surface area contributed by atoms with E-state index in [1.807, 2.05) is 0 Å². The molecule has 0 fully saturated rings. The van der Waals surface area contributed by atoms with E-state index in [-0.39, 0.29) is 6.61 Å². The Kier molecular flexibility index (Phi) is 9.68. The quantitative estimate of drug-likeness (QED) is 0.428. The van der Waals surface area contributed by atoms with Gasteiger partial charge in [-0.15, -0.1) is 0 Å². The van der Waals surface area contributed by atoms with Gasteiger partial charge in [0, 0.05) is 18.8 Å². The molecular weight excluding hydrogens is 148 g/mol. The lowest BCUT2D eigenvalue weighted by molar-refractivity contribution is -0.115. The van der Waals surface area contributed by atoms with E-state index in [1.165, 1.54) is 0 Å². The molecule has 2 amide bonds. The highest BCUT2D eigenvalue weighted by atomic mass is 16.2. The van der Waals surface area contributed by atoms with Gasteiger partial charge in [0.2, 0.25) is 11.8 Å². The van der Waals surface area contributed by atoms with Crippen molar-refractivity contribution >= 4 is 11.8 Å². The molecule has 5 heteroatoms. The first-order valence-corrected chi connectivity index (χ1v) is 2.92. The Bertz CT molecular complexity index is 138. The molecule has 64 valence electrons. The van der Waals surface area contributed by atoms with Crippen molar-refractivity contribution in [2.45, 2.75) is 6.92 Å². The topological polar surface area (TPSA) is 106 Å². The Morgan fingerprint density at radius 1 is 1.27 bits per heavy atom. The fourth-order valence-electron chi connectivity index (χ4n) is 0.164. The van der Waals surface area contributed by atoms with Crippen LogP contribution in [0.1, 0.15) is 6.92 Å². The van der Waals surface area contributed by atoms with Crippen LogP contribution in [0.2, 0.25) is 0 Å². The van der Waals surface area contributed by atoms with Gasteiger partial charge >= 0.3 is 0 Å². The van der Waals surface area contributed by atoms with Crippen molar-refractivity contribution in [1.29, 1.82) is 0 Å². The minimum Gasteiger partial charge on any atom is -0.397 e. The highest BCUT2D eigenvalue weighted by Gasteiger charge is 1.83. The fourth-order valence-corrected chi connectivity index (χ4v) is 0.164. The van der Waals surface area contributed by atoms with Crippen LogP contribution in [-0.2, 0) is 9.59 Å². The SMILES string of the molecule is CCO.NC(=O)/C=C\C(N)=O. The number of primary amides is 2. The normalized spacial score (nSPS) is 8.55. The van der Waals surface area contributed by atoms with Gasteiger partial charge in [0.25, 0.3) is 0 Å². The van der Waals surface area contributed by atoms with E-state index in [0.717, 1.165) is 12.2 Å². The smallest absolute Gasteiger partial charge is 0.241 e. The van der Waals surface area contributed by atoms with Gasteiger partial charge in [-0.3, -0.25) is 9.59 Å². The molecule has 0 aromatic carbocycles. The molecule has 0 radical (unpaired) electrons. The molecule has 0 bridgehead atoms. The van der Waals surface area contributed by atoms with Gasteiger partial charge in [0.05, 0.1) is 0 Å². The molecule has 0 saturated heterocycles. The third-order valence-corrected chi connectivity index (χ3v) is 0.412. The molecule has 5 N–H and O–H groups in total. The number of aliphatic hydroxyl groups is 1. The highest BCUT2D eigenvalue weighted by Crippen LogP contribution is 1.65. The number of aliphatic hydroxyl groups excluding tert-OH is 1. The van der Waals surface area contributed by atoms with Crippen LogP contribution in [-0.4, -0.2) is 23.5 Å². The van der Waals surface area contributed by atoms with Crippen LogP contribution < -0.4 is 11.5 Å². The van der Waals surface area contributed by atoms with Crippen LogP contribution in [0, 0.1) is 0 Å². The fraction of sp³-hybridized carbons (Fsp3) is 0.333. The summed E-state index contributed by atoms with van der Waals surface area (Å²) in [6, 6.07) is 0. The lowest BCUT2D eigenvalue weighted by Gasteiger charge is -1.76. The number of carbonyl (C=O) groups is 2. The molecule has 0 heterocycles. The predicted octanol–water partition coefficient (Wildman–Crippen LogP) is -1.49. The molecule has 0 aliphatic carbocycles. The number of carbonyl (C=O) groups excluding carboxylic acids is 2. The molecule has 0 aromatic rings. The number of hydrogen-bond acceptors (Lipinski definition) is 3. The van der Waals surface area contributed by atoms with Gasteiger partial charge in [-0.1, -0.05) is 0 Å². The molecule has 0 spiro atoms. The van der Waals surface area contributed by atoms with Crippen molar-refractivity contribution in [3.8, 4) is 0 Å². The highest BCUT2D eigenvalue weighted by molar-refractivity contribution is 5.95. The number of amides is 2. The molecule has 0 aliphatic rings. The summed E-state index contributed by atoms with van der Waals surface area (Å²) in [5.74, 6) is -1.35. The Labute approximate surface area is 64.7 Å². The number of rotatable bonds is 2. The summed E-state index contributed by atoms with van der Waals surface area (Å²) >= 11 is 0. The van der Waals surface area contributed by atoms with Crippen molar-refractivity contribution in [3.63, 3.8) is 0 Å². The number of nitrogens with two attached hydrogens (primary N) is 2.